The number of hydrogen-bond acceptors (Lipinski definition) is 9. The van der Waals surface area contributed by atoms with Crippen LogP contribution < -0.4 is 14.8 Å². The molecule has 2 aromatic carbocycles. The SMILES string of the molecule is O=C1c2ccccc2C(=O)c2c1n[n+]([O-])n2CCN1CCN(c2ccc([N+](=O)[O-])c(N3CCCC3)c2)CC1. The van der Waals surface area contributed by atoms with Crippen LogP contribution in [0.1, 0.15) is 44.9 Å². The average Bonchev–Trinajstić information content (AvgIpc) is 3.59. The van der Waals surface area contributed by atoms with Crippen LogP contribution in [0.3, 0.4) is 0 Å². The van der Waals surface area contributed by atoms with Gasteiger partial charge in [-0.1, -0.05) is 24.3 Å². The van der Waals surface area contributed by atoms with E-state index in [4.69, 9.17) is 0 Å². The maximum Gasteiger partial charge on any atom is 0.292 e. The van der Waals surface area contributed by atoms with E-state index in [2.05, 4.69) is 19.8 Å². The van der Waals surface area contributed by atoms with Crippen LogP contribution in [0.15, 0.2) is 42.5 Å². The largest absolute Gasteiger partial charge is 0.571 e. The Bertz CT molecular complexity index is 1440. The number of carbonyl (C=O) groups is 2. The second-order valence-electron chi connectivity index (χ2n) is 9.83. The molecule has 2 aliphatic heterocycles. The summed E-state index contributed by atoms with van der Waals surface area (Å²) in [6.45, 7) is 5.29. The van der Waals surface area contributed by atoms with E-state index in [0.717, 1.165) is 57.8 Å². The summed E-state index contributed by atoms with van der Waals surface area (Å²) < 4.78 is 1.25. The van der Waals surface area contributed by atoms with Crippen molar-refractivity contribution in [2.75, 3.05) is 55.6 Å². The minimum absolute atomic E-state index is 0.0441. The summed E-state index contributed by atoms with van der Waals surface area (Å²) >= 11 is 0. The number of rotatable bonds is 6. The number of aromatic nitrogens is 3. The monoisotopic (exact) mass is 517 g/mol. The number of nitrogens with zero attached hydrogens (tertiary/aromatic N) is 7. The van der Waals surface area contributed by atoms with E-state index in [1.807, 2.05) is 12.1 Å². The first kappa shape index (κ1) is 24.0. The molecule has 38 heavy (non-hydrogen) atoms. The number of piperazine rings is 1. The van der Waals surface area contributed by atoms with Gasteiger partial charge in [-0.15, -0.1) is 4.68 Å². The molecule has 6 rings (SSSR count). The molecule has 0 atom stereocenters. The molecule has 1 aromatic heterocycles. The highest BCUT2D eigenvalue weighted by atomic mass is 16.6. The van der Waals surface area contributed by atoms with E-state index in [9.17, 15) is 24.9 Å². The normalized spacial score (nSPS) is 17.6. The van der Waals surface area contributed by atoms with Gasteiger partial charge in [0.1, 0.15) is 5.69 Å². The maximum absolute atomic E-state index is 13.1. The van der Waals surface area contributed by atoms with Gasteiger partial charge in [0.15, 0.2) is 5.69 Å². The van der Waals surface area contributed by atoms with E-state index >= 15 is 0 Å². The van der Waals surface area contributed by atoms with Crippen LogP contribution in [0.2, 0.25) is 0 Å². The molecule has 2 saturated heterocycles. The number of hydrogen-bond donors (Lipinski definition) is 0. The molecule has 3 heterocycles. The fourth-order valence-electron chi connectivity index (χ4n) is 5.64. The molecule has 0 unspecified atom stereocenters. The van der Waals surface area contributed by atoms with Gasteiger partial charge in [0.2, 0.25) is 17.3 Å². The molecule has 3 aromatic rings. The smallest absolute Gasteiger partial charge is 0.292 e. The van der Waals surface area contributed by atoms with Crippen LogP contribution in [-0.2, 0) is 6.54 Å². The van der Waals surface area contributed by atoms with Crippen molar-refractivity contribution in [3.05, 3.63) is 80.3 Å². The van der Waals surface area contributed by atoms with Crippen molar-refractivity contribution in [2.45, 2.75) is 19.4 Å². The highest BCUT2D eigenvalue weighted by molar-refractivity contribution is 6.26. The van der Waals surface area contributed by atoms with E-state index < -0.39 is 5.78 Å². The lowest BCUT2D eigenvalue weighted by Crippen LogP contribution is -2.49. The van der Waals surface area contributed by atoms with E-state index in [-0.39, 0.29) is 45.5 Å². The van der Waals surface area contributed by atoms with E-state index in [1.165, 1.54) is 4.68 Å². The van der Waals surface area contributed by atoms with Crippen molar-refractivity contribution >= 4 is 28.6 Å². The van der Waals surface area contributed by atoms with Crippen molar-refractivity contribution in [1.82, 2.24) is 14.7 Å². The van der Waals surface area contributed by atoms with Crippen molar-refractivity contribution in [2.24, 2.45) is 0 Å². The Morgan fingerprint density at radius 1 is 0.868 bits per heavy atom. The van der Waals surface area contributed by atoms with Crippen LogP contribution in [0.5, 0.6) is 0 Å². The lowest BCUT2D eigenvalue weighted by Gasteiger charge is -2.36. The molecule has 0 spiro atoms. The molecule has 0 saturated carbocycles. The third kappa shape index (κ3) is 4.06. The molecule has 1 aliphatic carbocycles. The van der Waals surface area contributed by atoms with Gasteiger partial charge < -0.3 is 15.0 Å². The van der Waals surface area contributed by atoms with Crippen molar-refractivity contribution in [3.63, 3.8) is 0 Å². The molecule has 0 amide bonds. The maximum atomic E-state index is 13.1. The topological polar surface area (TPSA) is 132 Å². The van der Waals surface area contributed by atoms with Crippen molar-refractivity contribution < 1.29 is 19.5 Å². The molecule has 12 heteroatoms. The van der Waals surface area contributed by atoms with Gasteiger partial charge in [0.05, 0.1) is 11.5 Å². The first-order valence-electron chi connectivity index (χ1n) is 12.8. The van der Waals surface area contributed by atoms with Gasteiger partial charge in [-0.25, -0.2) is 0 Å². The second kappa shape index (κ2) is 9.53. The zero-order valence-electron chi connectivity index (χ0n) is 20.8. The Kier molecular flexibility index (Phi) is 6.03. The summed E-state index contributed by atoms with van der Waals surface area (Å²) in [6, 6.07) is 11.9. The summed E-state index contributed by atoms with van der Waals surface area (Å²) in [4.78, 5) is 44.0. The Balaban J connectivity index is 1.13. The first-order valence-corrected chi connectivity index (χ1v) is 12.8. The molecule has 0 radical (unpaired) electrons. The summed E-state index contributed by atoms with van der Waals surface area (Å²) in [5, 5.41) is 28.0. The average molecular weight is 518 g/mol. The highest BCUT2D eigenvalue weighted by Gasteiger charge is 2.39. The Labute approximate surface area is 218 Å². The second-order valence-corrected chi connectivity index (χ2v) is 9.83. The van der Waals surface area contributed by atoms with Gasteiger partial charge >= 0.3 is 0 Å². The predicted octanol–water partition coefficient (Wildman–Crippen LogP) is 1.62. The zero-order valence-corrected chi connectivity index (χ0v) is 20.8. The number of ketones is 2. The number of benzene rings is 2. The molecule has 3 aliphatic rings. The zero-order chi connectivity index (χ0) is 26.4. The van der Waals surface area contributed by atoms with Gasteiger partial charge in [0, 0.05) is 78.8 Å². The van der Waals surface area contributed by atoms with Gasteiger partial charge in [-0.05, 0) is 25.0 Å². The molecule has 196 valence electrons. The number of nitro benzene ring substituents is 1. The fourth-order valence-corrected chi connectivity index (χ4v) is 5.64. The van der Waals surface area contributed by atoms with Crippen molar-refractivity contribution in [1.29, 1.82) is 0 Å². The lowest BCUT2D eigenvalue weighted by molar-refractivity contribution is -0.749. The van der Waals surface area contributed by atoms with Gasteiger partial charge in [-0.2, -0.15) is 0 Å². The standard InChI is InChI=1S/C26H27N7O5/c34-25-19-5-1-2-6-20(19)26(35)24-23(25)27-33(38)31(24)16-13-28-11-14-29(15-12-28)18-7-8-21(32(36)37)22(17-18)30-9-3-4-10-30/h1-2,5-8,17H,3-4,9-16H2. The molecule has 2 fully saturated rings. The Morgan fingerprint density at radius 3 is 2.24 bits per heavy atom. The van der Waals surface area contributed by atoms with E-state index in [1.54, 1.807) is 30.3 Å². The Hall–Kier alpha value is -4.32. The van der Waals surface area contributed by atoms with Crippen LogP contribution in [0.4, 0.5) is 17.1 Å². The van der Waals surface area contributed by atoms with E-state index in [0.29, 0.717) is 17.2 Å². The molecular weight excluding hydrogens is 490 g/mol. The minimum atomic E-state index is -0.413. The Morgan fingerprint density at radius 2 is 1.55 bits per heavy atom. The molecule has 12 nitrogen and oxygen atoms in total. The fraction of sp³-hybridized carbons (Fsp3) is 0.385. The summed E-state index contributed by atoms with van der Waals surface area (Å²) in [5.41, 5.74) is 2.28. The number of fused-ring (bicyclic) bond motifs is 2. The van der Waals surface area contributed by atoms with Gasteiger partial charge in [0.25, 0.3) is 5.69 Å². The lowest BCUT2D eigenvalue weighted by atomic mass is 9.90. The van der Waals surface area contributed by atoms with Crippen LogP contribution >= 0.6 is 0 Å². The highest BCUT2D eigenvalue weighted by Crippen LogP contribution is 2.35. The minimum Gasteiger partial charge on any atom is -0.571 e. The number of nitro groups is 1. The van der Waals surface area contributed by atoms with Crippen LogP contribution in [0.25, 0.3) is 0 Å². The number of anilines is 2. The van der Waals surface area contributed by atoms with Gasteiger partial charge in [-0.3, -0.25) is 24.6 Å². The summed E-state index contributed by atoms with van der Waals surface area (Å²) in [6.07, 6.45) is 2.08. The first-order chi connectivity index (χ1) is 18.4. The predicted molar refractivity (Wildman–Crippen MR) is 138 cm³/mol. The summed E-state index contributed by atoms with van der Waals surface area (Å²) in [7, 11) is 0. The quantitative estimate of drug-likeness (QED) is 0.162. The third-order valence-electron chi connectivity index (χ3n) is 7.69. The molecule has 0 bridgehead atoms. The van der Waals surface area contributed by atoms with Crippen LogP contribution in [0, 0.1) is 15.3 Å². The van der Waals surface area contributed by atoms with Crippen LogP contribution in [-0.4, -0.2) is 77.0 Å². The third-order valence-corrected chi connectivity index (χ3v) is 7.69. The van der Waals surface area contributed by atoms with Crippen molar-refractivity contribution in [3.8, 4) is 0 Å². The summed E-state index contributed by atoms with van der Waals surface area (Å²) in [5.74, 6) is -0.780. The molecule has 0 N–H and O–H groups in total. The molecular formula is C26H27N7O5. The number of carbonyl (C=O) groups excluding carboxylic acids is 2.